The first kappa shape index (κ1) is 18.0. The van der Waals surface area contributed by atoms with E-state index < -0.39 is 0 Å². The van der Waals surface area contributed by atoms with Crippen LogP contribution in [0, 0.1) is 11.8 Å². The zero-order chi connectivity index (χ0) is 14.6. The second kappa shape index (κ2) is 11.6. The highest BCUT2D eigenvalue weighted by atomic mass is 14.9. The number of hydrogen-bond donors (Lipinski definition) is 1. The van der Waals surface area contributed by atoms with Crippen molar-refractivity contribution in [2.24, 2.45) is 11.8 Å². The second-order valence-electron chi connectivity index (χ2n) is 7.24. The first-order valence-corrected chi connectivity index (χ1v) is 9.49. The maximum absolute atomic E-state index is 3.85. The van der Waals surface area contributed by atoms with Crippen LogP contribution in [0.5, 0.6) is 0 Å². The molecular weight excluding hydrogens is 242 g/mol. The summed E-state index contributed by atoms with van der Waals surface area (Å²) in [5.41, 5.74) is 0. The molecule has 0 aromatic rings. The quantitative estimate of drug-likeness (QED) is 0.658. The van der Waals surface area contributed by atoms with Crippen molar-refractivity contribution < 1.29 is 0 Å². The molecule has 0 radical (unpaired) electrons. The van der Waals surface area contributed by atoms with Crippen molar-refractivity contribution >= 4 is 0 Å². The van der Waals surface area contributed by atoms with E-state index in [1.807, 2.05) is 0 Å². The summed E-state index contributed by atoms with van der Waals surface area (Å²) in [6, 6.07) is 0.748. The van der Waals surface area contributed by atoms with E-state index in [9.17, 15) is 0 Å². The Hall–Kier alpha value is -0.0400. The molecule has 0 heterocycles. The predicted molar refractivity (Wildman–Crippen MR) is 91.2 cm³/mol. The van der Waals surface area contributed by atoms with E-state index in [1.165, 1.54) is 83.6 Å². The van der Waals surface area contributed by atoms with Crippen LogP contribution in [0.3, 0.4) is 0 Å². The van der Waals surface area contributed by atoms with Crippen LogP contribution in [0.1, 0.15) is 97.8 Å². The number of hydrogen-bond acceptors (Lipinski definition) is 1. The first-order valence-electron chi connectivity index (χ1n) is 9.49. The van der Waals surface area contributed by atoms with Crippen LogP contribution in [0.2, 0.25) is 0 Å². The normalized spacial score (nSPS) is 22.2. The van der Waals surface area contributed by atoms with Crippen LogP contribution >= 0.6 is 0 Å². The van der Waals surface area contributed by atoms with Gasteiger partial charge in [0.15, 0.2) is 0 Å². The topological polar surface area (TPSA) is 12.0 Å². The molecule has 120 valence electrons. The van der Waals surface area contributed by atoms with Crippen molar-refractivity contribution in [1.82, 2.24) is 5.32 Å². The zero-order valence-electron chi connectivity index (χ0n) is 14.4. The molecule has 1 heteroatoms. The number of rotatable bonds is 5. The number of nitrogens with one attached hydrogen (secondary N) is 1. The molecule has 0 saturated heterocycles. The van der Waals surface area contributed by atoms with Gasteiger partial charge in [-0.05, 0) is 37.6 Å². The molecule has 0 aliphatic heterocycles. The van der Waals surface area contributed by atoms with Crippen molar-refractivity contribution in [3.8, 4) is 0 Å². The van der Waals surface area contributed by atoms with Crippen molar-refractivity contribution in [3.63, 3.8) is 0 Å². The fourth-order valence-electron chi connectivity index (χ4n) is 3.81. The first-order chi connectivity index (χ1) is 9.75. The zero-order valence-corrected chi connectivity index (χ0v) is 14.4. The molecule has 0 amide bonds. The average molecular weight is 282 g/mol. The second-order valence-corrected chi connectivity index (χ2v) is 7.24. The Morgan fingerprint density at radius 3 is 1.65 bits per heavy atom. The maximum atomic E-state index is 3.85. The molecule has 0 aromatic carbocycles. The highest BCUT2D eigenvalue weighted by molar-refractivity contribution is 4.79. The molecule has 0 bridgehead atoms. The summed E-state index contributed by atoms with van der Waals surface area (Å²) in [5.74, 6) is 1.69. The minimum absolute atomic E-state index is 0.748. The molecule has 1 atom stereocenters. The molecule has 1 aliphatic rings. The van der Waals surface area contributed by atoms with Gasteiger partial charge in [0, 0.05) is 6.04 Å². The van der Waals surface area contributed by atoms with Gasteiger partial charge in [-0.15, -0.1) is 0 Å². The molecule has 0 aromatic heterocycles. The van der Waals surface area contributed by atoms with Crippen molar-refractivity contribution in [3.05, 3.63) is 0 Å². The van der Waals surface area contributed by atoms with Crippen molar-refractivity contribution in [2.45, 2.75) is 104 Å². The average Bonchev–Trinajstić information content (AvgIpc) is 2.41. The third-order valence-electron chi connectivity index (χ3n) is 5.01. The Labute approximate surface area is 128 Å². The fraction of sp³-hybridized carbons (Fsp3) is 1.00. The maximum Gasteiger partial charge on any atom is 0.0118 e. The van der Waals surface area contributed by atoms with Gasteiger partial charge in [-0.25, -0.2) is 0 Å². The van der Waals surface area contributed by atoms with Gasteiger partial charge in [0.2, 0.25) is 0 Å². The smallest absolute Gasteiger partial charge is 0.0118 e. The molecule has 1 N–H and O–H groups in total. The Morgan fingerprint density at radius 1 is 0.800 bits per heavy atom. The van der Waals surface area contributed by atoms with Crippen LogP contribution in [0.4, 0.5) is 0 Å². The molecule has 1 fully saturated rings. The molecule has 1 saturated carbocycles. The van der Waals surface area contributed by atoms with Gasteiger partial charge >= 0.3 is 0 Å². The highest BCUT2D eigenvalue weighted by Gasteiger charge is 2.23. The van der Waals surface area contributed by atoms with Crippen LogP contribution in [-0.4, -0.2) is 12.6 Å². The largest absolute Gasteiger partial charge is 0.313 e. The van der Waals surface area contributed by atoms with E-state index in [0.717, 1.165) is 17.9 Å². The van der Waals surface area contributed by atoms with Crippen LogP contribution in [-0.2, 0) is 0 Å². The van der Waals surface area contributed by atoms with Gasteiger partial charge in [0.1, 0.15) is 0 Å². The van der Waals surface area contributed by atoms with Gasteiger partial charge in [-0.2, -0.15) is 0 Å². The van der Waals surface area contributed by atoms with Crippen molar-refractivity contribution in [2.75, 3.05) is 6.54 Å². The Balaban J connectivity index is 2.49. The highest BCUT2D eigenvalue weighted by Crippen LogP contribution is 2.26. The molecular formula is C19H39N. The lowest BCUT2D eigenvalue weighted by molar-refractivity contribution is 0.243. The van der Waals surface area contributed by atoms with Gasteiger partial charge in [-0.1, -0.05) is 78.6 Å². The summed E-state index contributed by atoms with van der Waals surface area (Å²) >= 11 is 0. The van der Waals surface area contributed by atoms with E-state index >= 15 is 0 Å². The Kier molecular flexibility index (Phi) is 10.4. The predicted octanol–water partition coefficient (Wildman–Crippen LogP) is 5.93. The third kappa shape index (κ3) is 7.67. The van der Waals surface area contributed by atoms with E-state index in [2.05, 4.69) is 26.1 Å². The molecule has 1 nitrogen and oxygen atoms in total. The minimum Gasteiger partial charge on any atom is -0.313 e. The lowest BCUT2D eigenvalue weighted by atomic mass is 9.82. The van der Waals surface area contributed by atoms with E-state index in [-0.39, 0.29) is 0 Å². The summed E-state index contributed by atoms with van der Waals surface area (Å²) in [6.07, 6.45) is 17.4. The standard InChI is InChI=1S/C19H39N/c1-4-16-20-19(17(2)3)18-14-12-10-8-6-5-7-9-11-13-15-18/h17-20H,4-16H2,1-3H3. The molecule has 1 unspecified atom stereocenters. The van der Waals surface area contributed by atoms with Gasteiger partial charge in [-0.3, -0.25) is 0 Å². The van der Waals surface area contributed by atoms with Crippen LogP contribution in [0.25, 0.3) is 0 Å². The summed E-state index contributed by atoms with van der Waals surface area (Å²) in [5, 5.41) is 3.85. The molecule has 1 aliphatic carbocycles. The van der Waals surface area contributed by atoms with Gasteiger partial charge in [0.25, 0.3) is 0 Å². The van der Waals surface area contributed by atoms with Crippen LogP contribution in [0.15, 0.2) is 0 Å². The molecule has 1 rings (SSSR count). The Morgan fingerprint density at radius 2 is 1.25 bits per heavy atom. The lowest BCUT2D eigenvalue weighted by Crippen LogP contribution is -2.41. The summed E-state index contributed by atoms with van der Waals surface area (Å²) in [7, 11) is 0. The van der Waals surface area contributed by atoms with E-state index in [0.29, 0.717) is 0 Å². The summed E-state index contributed by atoms with van der Waals surface area (Å²) in [4.78, 5) is 0. The monoisotopic (exact) mass is 281 g/mol. The van der Waals surface area contributed by atoms with Crippen LogP contribution < -0.4 is 5.32 Å². The van der Waals surface area contributed by atoms with Gasteiger partial charge in [0.05, 0.1) is 0 Å². The fourth-order valence-corrected chi connectivity index (χ4v) is 3.81. The SMILES string of the molecule is CCCNC(C(C)C)C1CCCCCCCCCCC1. The Bertz CT molecular complexity index is 200. The van der Waals surface area contributed by atoms with E-state index in [4.69, 9.17) is 0 Å². The molecule has 0 spiro atoms. The molecule has 20 heavy (non-hydrogen) atoms. The summed E-state index contributed by atoms with van der Waals surface area (Å²) in [6.45, 7) is 8.29. The third-order valence-corrected chi connectivity index (χ3v) is 5.01. The van der Waals surface area contributed by atoms with Crippen molar-refractivity contribution in [1.29, 1.82) is 0 Å². The van der Waals surface area contributed by atoms with E-state index in [1.54, 1.807) is 0 Å². The minimum atomic E-state index is 0.748. The van der Waals surface area contributed by atoms with Gasteiger partial charge < -0.3 is 5.32 Å². The summed E-state index contributed by atoms with van der Waals surface area (Å²) < 4.78 is 0. The lowest BCUT2D eigenvalue weighted by Gasteiger charge is -2.32.